The second-order valence-electron chi connectivity index (χ2n) is 13.5. The first kappa shape index (κ1) is 44.8. The molecule has 0 saturated carbocycles. The number of hydrogen-bond acceptors (Lipinski definition) is 10. The van der Waals surface area contributed by atoms with Crippen molar-refractivity contribution in [2.75, 3.05) is 80.4 Å². The maximum atomic E-state index is 12.6. The van der Waals surface area contributed by atoms with Crippen LogP contribution in [0.2, 0.25) is 0 Å². The van der Waals surface area contributed by atoms with E-state index < -0.39 is 44.2 Å². The van der Waals surface area contributed by atoms with Crippen molar-refractivity contribution >= 4 is 36.1 Å². The summed E-state index contributed by atoms with van der Waals surface area (Å²) in [5.41, 5.74) is 0. The summed E-state index contributed by atoms with van der Waals surface area (Å²) in [5, 5.41) is 21.6. The van der Waals surface area contributed by atoms with Crippen molar-refractivity contribution in [3.05, 3.63) is 75.9 Å². The number of rotatable bonds is 18. The van der Waals surface area contributed by atoms with E-state index in [-0.39, 0.29) is 68.8 Å². The number of hydrogen-bond donors (Lipinski definition) is 3. The summed E-state index contributed by atoms with van der Waals surface area (Å²) in [5.74, 6) is -0.00868. The van der Waals surface area contributed by atoms with Gasteiger partial charge in [-0.3, -0.25) is 48.9 Å². The van der Waals surface area contributed by atoms with Crippen molar-refractivity contribution in [2.24, 2.45) is 0 Å². The fourth-order valence-electron chi connectivity index (χ4n) is 7.95. The smallest absolute Gasteiger partial charge is 0.327 e. The van der Waals surface area contributed by atoms with Crippen LogP contribution >= 0.6 is 0 Å². The van der Waals surface area contributed by atoms with E-state index in [1.807, 2.05) is 0 Å². The zero-order valence-electron chi connectivity index (χ0n) is 33.1. The van der Waals surface area contributed by atoms with Gasteiger partial charge >= 0.3 is 30.2 Å². The number of methoxy groups -OCH3 is 2. The third-order valence-corrected chi connectivity index (χ3v) is 10.1. The van der Waals surface area contributed by atoms with Crippen molar-refractivity contribution in [2.45, 2.75) is 43.3 Å². The number of aliphatic hydroxyl groups excluding tert-OH is 2. The number of urea groups is 5. The molecule has 0 aromatic rings. The Morgan fingerprint density at radius 1 is 0.500 bits per heavy atom. The summed E-state index contributed by atoms with van der Waals surface area (Å²) in [6.07, 6.45) is 7.71. The molecule has 3 N–H and O–H groups in total. The number of nitrogens with one attached hydrogen (secondary N) is 1. The summed E-state index contributed by atoms with van der Waals surface area (Å²) in [6.45, 7) is 23.1. The van der Waals surface area contributed by atoms with E-state index in [0.717, 1.165) is 9.80 Å². The third-order valence-electron chi connectivity index (χ3n) is 10.1. The molecule has 6 aliphatic heterocycles. The zero-order chi connectivity index (χ0) is 42.8. The van der Waals surface area contributed by atoms with Crippen molar-refractivity contribution < 1.29 is 48.5 Å². The van der Waals surface area contributed by atoms with Crippen LogP contribution in [0.15, 0.2) is 75.9 Å². The summed E-state index contributed by atoms with van der Waals surface area (Å²) < 4.78 is 10.2. The van der Waals surface area contributed by atoms with Crippen LogP contribution in [0.25, 0.3) is 0 Å². The molecular weight excluding hydrogens is 758 g/mol. The predicted octanol–water partition coefficient (Wildman–Crippen LogP) is 0.390. The summed E-state index contributed by atoms with van der Waals surface area (Å²) in [4.78, 5) is 87.7. The van der Waals surface area contributed by atoms with Gasteiger partial charge in [-0.1, -0.05) is 36.5 Å². The predicted molar refractivity (Wildman–Crippen MR) is 209 cm³/mol. The fraction of sp³-hybridized carbons (Fsp3) is 0.514. The molecule has 21 nitrogen and oxygen atoms in total. The van der Waals surface area contributed by atoms with E-state index in [1.54, 1.807) is 56.1 Å². The monoisotopic (exact) mass is 813 g/mol. The number of nitrogens with zero attached hydrogens (tertiary/aromatic N) is 10. The molecule has 6 saturated heterocycles. The van der Waals surface area contributed by atoms with Crippen LogP contribution < -0.4 is 5.32 Å². The van der Waals surface area contributed by atoms with Gasteiger partial charge in [0.05, 0.1) is 12.5 Å². The first-order valence-electron chi connectivity index (χ1n) is 18.4. The van der Waals surface area contributed by atoms with Gasteiger partial charge in [-0.15, -0.1) is 39.5 Å². The van der Waals surface area contributed by atoms with E-state index in [0.29, 0.717) is 32.6 Å². The van der Waals surface area contributed by atoms with E-state index in [9.17, 15) is 39.0 Å². The van der Waals surface area contributed by atoms with Gasteiger partial charge in [0.15, 0.2) is 24.7 Å². The Balaban J connectivity index is 0.000000195. The Morgan fingerprint density at radius 3 is 1.14 bits per heavy atom. The van der Waals surface area contributed by atoms with Crippen molar-refractivity contribution in [3.63, 3.8) is 0 Å². The summed E-state index contributed by atoms with van der Waals surface area (Å²) in [7, 11) is 3.02. The Bertz CT molecular complexity index is 1530. The number of carbonyl (C=O) groups is 6. The van der Waals surface area contributed by atoms with Gasteiger partial charge in [0, 0.05) is 53.5 Å². The number of carbonyl (C=O) groups excluding carboxylic acids is 6. The van der Waals surface area contributed by atoms with Crippen LogP contribution in [0.1, 0.15) is 6.42 Å². The average Bonchev–Trinajstić information content (AvgIpc) is 3.98. The Kier molecular flexibility index (Phi) is 15.4. The molecule has 6 fully saturated rings. The number of ether oxygens (including phenoxy) is 2. The highest BCUT2D eigenvalue weighted by Gasteiger charge is 2.60. The Hall–Kier alpha value is -5.90. The highest BCUT2D eigenvalue weighted by Crippen LogP contribution is 2.36. The lowest BCUT2D eigenvalue weighted by molar-refractivity contribution is -0.119. The molecule has 0 bridgehead atoms. The highest BCUT2D eigenvalue weighted by molar-refractivity contribution is 5.87. The van der Waals surface area contributed by atoms with E-state index in [4.69, 9.17) is 9.47 Å². The lowest BCUT2D eigenvalue weighted by Crippen LogP contribution is -2.47. The van der Waals surface area contributed by atoms with Gasteiger partial charge < -0.3 is 29.9 Å². The largest absolute Gasteiger partial charge is 0.376 e. The second-order valence-corrected chi connectivity index (χ2v) is 13.5. The number of fused-ring (bicyclic) bond motifs is 3. The standard InChI is InChI=1S/C14H22N4O4.C12H18N4O4.C11H15N3O2/c1-5-7-15-11-12(16(8-6-2)13(15)19)18(10-22-4)14(20)17(11)9-21-3;1-3-5-13-9-10(14(6-4-2)11(13)19)16(8-18)12(20)15(9)7-17;1-3-5-13-8-7-9(15)12-10(8)14(6-4-2)11(13)16/h5-6,11-12H,1-2,7-10H2,3-4H3;3-4,9-10,17-18H,1-2,5-8H2;3-4,8,10H,1-2,5-7H2,(H,12,15). The molecule has 11 amide bonds. The molecule has 21 heteroatoms. The Labute approximate surface area is 338 Å². The zero-order valence-corrected chi connectivity index (χ0v) is 33.1. The van der Waals surface area contributed by atoms with Crippen LogP contribution in [-0.2, 0) is 14.3 Å². The normalized spacial score (nSPS) is 25.7. The average molecular weight is 814 g/mol. The second kappa shape index (κ2) is 20.0. The summed E-state index contributed by atoms with van der Waals surface area (Å²) >= 11 is 0. The molecule has 0 aromatic heterocycles. The molecule has 6 rings (SSSR count). The quantitative estimate of drug-likeness (QED) is 0.162. The van der Waals surface area contributed by atoms with Gasteiger partial charge in [0.1, 0.15) is 33.1 Å². The van der Waals surface area contributed by atoms with Gasteiger partial charge in [-0.05, 0) is 0 Å². The van der Waals surface area contributed by atoms with Gasteiger partial charge in [-0.2, -0.15) is 0 Å². The summed E-state index contributed by atoms with van der Waals surface area (Å²) in [6, 6.07) is -1.32. The third kappa shape index (κ3) is 8.10. The molecular formula is C37H55N11O10. The molecule has 6 atom stereocenters. The lowest BCUT2D eigenvalue weighted by atomic mass is 10.2. The molecule has 6 heterocycles. The minimum absolute atomic E-state index is 0.00868. The van der Waals surface area contributed by atoms with Crippen LogP contribution in [0, 0.1) is 0 Å². The van der Waals surface area contributed by atoms with Gasteiger partial charge in [0.2, 0.25) is 5.91 Å². The van der Waals surface area contributed by atoms with Crippen LogP contribution in [0.5, 0.6) is 0 Å². The van der Waals surface area contributed by atoms with Crippen LogP contribution in [0.4, 0.5) is 24.0 Å². The van der Waals surface area contributed by atoms with Crippen molar-refractivity contribution in [1.29, 1.82) is 0 Å². The maximum Gasteiger partial charge on any atom is 0.327 e. The van der Waals surface area contributed by atoms with Crippen LogP contribution in [-0.4, -0.2) is 213 Å². The minimum atomic E-state index is -0.648. The molecule has 0 radical (unpaired) electrons. The molecule has 6 aliphatic rings. The first-order chi connectivity index (χ1) is 27.9. The Morgan fingerprint density at radius 2 is 0.793 bits per heavy atom. The van der Waals surface area contributed by atoms with Crippen molar-refractivity contribution in [3.8, 4) is 0 Å². The molecule has 0 aromatic carbocycles. The first-order valence-corrected chi connectivity index (χ1v) is 18.4. The molecule has 0 aliphatic carbocycles. The van der Waals surface area contributed by atoms with Gasteiger partial charge in [0.25, 0.3) is 0 Å². The number of aliphatic hydroxyl groups is 2. The molecule has 6 unspecified atom stereocenters. The molecule has 0 spiro atoms. The molecule has 58 heavy (non-hydrogen) atoms. The highest BCUT2D eigenvalue weighted by atomic mass is 16.5. The SMILES string of the molecule is C=CCN1C(=O)N(CC=C)C2C1N(CO)C(=O)N2CO.C=CCN1C(=O)N(CC=C)C2C1N(COC)C(=O)N2COC.C=CCN1C(=O)N(CC=C)C2NC(=O)CC21. The molecule has 318 valence electrons. The van der Waals surface area contributed by atoms with Crippen molar-refractivity contribution in [1.82, 2.24) is 54.3 Å². The van der Waals surface area contributed by atoms with E-state index >= 15 is 0 Å². The van der Waals surface area contributed by atoms with Gasteiger partial charge in [-0.25, -0.2) is 24.0 Å². The number of amides is 11. The van der Waals surface area contributed by atoms with E-state index in [1.165, 1.54) is 33.8 Å². The maximum absolute atomic E-state index is 12.6. The topological polar surface area (TPSA) is 206 Å². The van der Waals surface area contributed by atoms with E-state index in [2.05, 4.69) is 44.8 Å². The lowest BCUT2D eigenvalue weighted by Gasteiger charge is -2.28. The van der Waals surface area contributed by atoms with Crippen LogP contribution in [0.3, 0.4) is 0 Å². The fourth-order valence-corrected chi connectivity index (χ4v) is 7.95. The minimum Gasteiger partial charge on any atom is -0.376 e.